The highest BCUT2D eigenvalue weighted by molar-refractivity contribution is 5.96. The third kappa shape index (κ3) is 10.9. The molecule has 172 valence electrons. The molecular formula is C21H31N3O7. The lowest BCUT2D eigenvalue weighted by atomic mass is 10.1. The number of amides is 3. The summed E-state index contributed by atoms with van der Waals surface area (Å²) >= 11 is 0. The van der Waals surface area contributed by atoms with E-state index in [0.717, 1.165) is 5.56 Å². The normalized spacial score (nSPS) is 12.3. The molecule has 0 aromatic heterocycles. The topological polar surface area (TPSA) is 143 Å². The van der Waals surface area contributed by atoms with E-state index in [1.807, 2.05) is 0 Å². The van der Waals surface area contributed by atoms with Crippen LogP contribution in [0.15, 0.2) is 24.3 Å². The molecule has 0 saturated carbocycles. The highest BCUT2D eigenvalue weighted by atomic mass is 16.6. The zero-order valence-electron chi connectivity index (χ0n) is 18.7. The maximum atomic E-state index is 12.4. The maximum absolute atomic E-state index is 12.4. The molecule has 10 nitrogen and oxygen atoms in total. The van der Waals surface area contributed by atoms with Crippen LogP contribution in [-0.2, 0) is 20.8 Å². The van der Waals surface area contributed by atoms with E-state index in [0.29, 0.717) is 0 Å². The Bertz CT molecular complexity index is 793. The first-order valence-corrected chi connectivity index (χ1v) is 9.72. The van der Waals surface area contributed by atoms with Gasteiger partial charge in [-0.05, 0) is 59.2 Å². The van der Waals surface area contributed by atoms with Crippen LogP contribution in [0.5, 0.6) is 0 Å². The Balaban J connectivity index is 2.61. The molecule has 1 rings (SSSR count). The predicted molar refractivity (Wildman–Crippen MR) is 113 cm³/mol. The van der Waals surface area contributed by atoms with E-state index in [2.05, 4.69) is 16.0 Å². The largest absolute Gasteiger partial charge is 0.480 e. The molecule has 0 unspecified atom stereocenters. The van der Waals surface area contributed by atoms with Crippen molar-refractivity contribution in [1.29, 1.82) is 0 Å². The van der Waals surface area contributed by atoms with Gasteiger partial charge in [-0.2, -0.15) is 0 Å². The predicted octanol–water partition coefficient (Wildman–Crippen LogP) is 2.42. The van der Waals surface area contributed by atoms with Gasteiger partial charge in [-0.1, -0.05) is 12.1 Å². The third-order valence-electron chi connectivity index (χ3n) is 3.50. The van der Waals surface area contributed by atoms with Crippen molar-refractivity contribution in [1.82, 2.24) is 16.0 Å². The second kappa shape index (κ2) is 10.6. The van der Waals surface area contributed by atoms with Crippen LogP contribution in [0.3, 0.4) is 0 Å². The van der Waals surface area contributed by atoms with Gasteiger partial charge in [0.25, 0.3) is 5.91 Å². The van der Waals surface area contributed by atoms with Crippen LogP contribution in [-0.4, -0.2) is 53.0 Å². The first kappa shape index (κ1) is 25.7. The fourth-order valence-corrected chi connectivity index (χ4v) is 2.20. The highest BCUT2D eigenvalue weighted by Gasteiger charge is 2.23. The van der Waals surface area contributed by atoms with Gasteiger partial charge in [0.15, 0.2) is 0 Å². The van der Waals surface area contributed by atoms with Crippen molar-refractivity contribution in [3.8, 4) is 0 Å². The van der Waals surface area contributed by atoms with E-state index >= 15 is 0 Å². The Labute approximate surface area is 181 Å². The van der Waals surface area contributed by atoms with Crippen LogP contribution in [0.2, 0.25) is 0 Å². The van der Waals surface area contributed by atoms with Crippen molar-refractivity contribution < 1.29 is 33.8 Å². The summed E-state index contributed by atoms with van der Waals surface area (Å²) < 4.78 is 10.2. The van der Waals surface area contributed by atoms with Gasteiger partial charge in [-0.25, -0.2) is 14.4 Å². The van der Waals surface area contributed by atoms with E-state index in [1.165, 1.54) is 12.1 Å². The van der Waals surface area contributed by atoms with Gasteiger partial charge < -0.3 is 30.5 Å². The molecule has 0 bridgehead atoms. The van der Waals surface area contributed by atoms with Crippen LogP contribution >= 0.6 is 0 Å². The molecule has 1 atom stereocenters. The highest BCUT2D eigenvalue weighted by Crippen LogP contribution is 2.09. The fraction of sp³-hybridized carbons (Fsp3) is 0.524. The first-order chi connectivity index (χ1) is 14.2. The summed E-state index contributed by atoms with van der Waals surface area (Å²) in [6.07, 6.45) is -1.34. The number of carbonyl (C=O) groups is 4. The summed E-state index contributed by atoms with van der Waals surface area (Å²) in [4.78, 5) is 47.1. The van der Waals surface area contributed by atoms with E-state index in [1.54, 1.807) is 53.7 Å². The van der Waals surface area contributed by atoms with E-state index < -0.39 is 41.3 Å². The van der Waals surface area contributed by atoms with Crippen LogP contribution in [0.25, 0.3) is 0 Å². The number of ether oxygens (including phenoxy) is 2. The zero-order chi connectivity index (χ0) is 23.8. The fourth-order valence-electron chi connectivity index (χ4n) is 2.20. The zero-order valence-corrected chi connectivity index (χ0v) is 18.7. The molecule has 10 heteroatoms. The summed E-state index contributed by atoms with van der Waals surface area (Å²) in [5.74, 6) is -1.92. The molecule has 0 aliphatic rings. The lowest BCUT2D eigenvalue weighted by Crippen LogP contribution is -2.49. The maximum Gasteiger partial charge on any atom is 0.407 e. The molecule has 1 aromatic carbocycles. The standard InChI is InChI=1S/C21H31N3O7/c1-20(2,3)30-18(28)22-11-13-7-9-14(10-8-13)16(25)24-15(17(26)27)12-23-19(29)31-21(4,5)6/h7-10,15H,11-12H2,1-6H3,(H,22,28)(H,23,29)(H,24,25)(H,26,27)/t15-/m0/s1. The summed E-state index contributed by atoms with van der Waals surface area (Å²) in [5, 5.41) is 16.6. The van der Waals surface area contributed by atoms with Crippen LogP contribution in [0.1, 0.15) is 57.5 Å². The summed E-state index contributed by atoms with van der Waals surface area (Å²) in [6.45, 7) is 10.2. The van der Waals surface area contributed by atoms with E-state index in [4.69, 9.17) is 9.47 Å². The monoisotopic (exact) mass is 437 g/mol. The van der Waals surface area contributed by atoms with Crippen molar-refractivity contribution in [3.05, 3.63) is 35.4 Å². The third-order valence-corrected chi connectivity index (χ3v) is 3.50. The van der Waals surface area contributed by atoms with Gasteiger partial charge in [0.2, 0.25) is 0 Å². The van der Waals surface area contributed by atoms with Crippen LogP contribution < -0.4 is 16.0 Å². The lowest BCUT2D eigenvalue weighted by molar-refractivity contribution is -0.139. The Morgan fingerprint density at radius 2 is 1.35 bits per heavy atom. The van der Waals surface area contributed by atoms with Crippen LogP contribution in [0, 0.1) is 0 Å². The van der Waals surface area contributed by atoms with Gasteiger partial charge in [0, 0.05) is 12.1 Å². The first-order valence-electron chi connectivity index (χ1n) is 9.72. The second-order valence-electron chi connectivity index (χ2n) is 8.80. The van der Waals surface area contributed by atoms with Gasteiger partial charge in [0.1, 0.15) is 17.2 Å². The molecule has 0 aliphatic heterocycles. The molecule has 0 saturated heterocycles. The molecule has 0 aliphatic carbocycles. The smallest absolute Gasteiger partial charge is 0.407 e. The van der Waals surface area contributed by atoms with Gasteiger partial charge in [-0.15, -0.1) is 0 Å². The Morgan fingerprint density at radius 3 is 1.81 bits per heavy atom. The van der Waals surface area contributed by atoms with Crippen molar-refractivity contribution >= 4 is 24.1 Å². The quantitative estimate of drug-likeness (QED) is 0.513. The van der Waals surface area contributed by atoms with Crippen molar-refractivity contribution in [2.24, 2.45) is 0 Å². The number of hydrogen-bond acceptors (Lipinski definition) is 6. The summed E-state index contributed by atoms with van der Waals surface area (Å²) in [6, 6.07) is 4.92. The lowest BCUT2D eigenvalue weighted by Gasteiger charge is -2.21. The minimum absolute atomic E-state index is 0.203. The number of benzene rings is 1. The van der Waals surface area contributed by atoms with Crippen LogP contribution in [0.4, 0.5) is 9.59 Å². The molecule has 3 amide bonds. The number of carboxylic acid groups (broad SMARTS) is 1. The van der Waals surface area contributed by atoms with E-state index in [-0.39, 0.29) is 18.7 Å². The SMILES string of the molecule is CC(C)(C)OC(=O)NCc1ccc(C(=O)N[C@@H](CNC(=O)OC(C)(C)C)C(=O)O)cc1. The Morgan fingerprint density at radius 1 is 0.871 bits per heavy atom. The van der Waals surface area contributed by atoms with Gasteiger partial charge >= 0.3 is 18.2 Å². The number of carboxylic acids is 1. The number of aliphatic carboxylic acids is 1. The van der Waals surface area contributed by atoms with Crippen molar-refractivity contribution in [3.63, 3.8) is 0 Å². The molecule has 0 fully saturated rings. The van der Waals surface area contributed by atoms with Gasteiger partial charge in [-0.3, -0.25) is 4.79 Å². The molecule has 1 aromatic rings. The van der Waals surface area contributed by atoms with E-state index in [9.17, 15) is 24.3 Å². The van der Waals surface area contributed by atoms with Crippen molar-refractivity contribution in [2.75, 3.05) is 6.54 Å². The molecular weight excluding hydrogens is 406 g/mol. The number of alkyl carbamates (subject to hydrolysis) is 2. The average Bonchev–Trinajstić information content (AvgIpc) is 2.60. The molecule has 4 N–H and O–H groups in total. The summed E-state index contributed by atoms with van der Waals surface area (Å²) in [7, 11) is 0. The molecule has 31 heavy (non-hydrogen) atoms. The number of carbonyl (C=O) groups excluding carboxylic acids is 3. The minimum atomic E-state index is -1.34. The Hall–Kier alpha value is -3.30. The molecule has 0 heterocycles. The van der Waals surface area contributed by atoms with Gasteiger partial charge in [0.05, 0.1) is 6.54 Å². The second-order valence-corrected chi connectivity index (χ2v) is 8.80. The number of rotatable bonds is 7. The molecule has 0 radical (unpaired) electrons. The minimum Gasteiger partial charge on any atom is -0.480 e. The number of hydrogen-bond donors (Lipinski definition) is 4. The van der Waals surface area contributed by atoms with Crippen molar-refractivity contribution in [2.45, 2.75) is 65.3 Å². The Kier molecular flexibility index (Phi) is 8.84. The average molecular weight is 437 g/mol. The molecule has 0 spiro atoms. The number of nitrogens with one attached hydrogen (secondary N) is 3. The summed E-state index contributed by atoms with van der Waals surface area (Å²) in [5.41, 5.74) is -0.384.